The molecule has 4 rings (SSSR count). The average Bonchev–Trinajstić information content (AvgIpc) is 3.33. The van der Waals surface area contributed by atoms with Gasteiger partial charge in [0, 0.05) is 32.1 Å². The largest absolute Gasteiger partial charge is 0.330 e. The monoisotopic (exact) mass is 396 g/mol. The molecule has 1 aromatic heterocycles. The van der Waals surface area contributed by atoms with Gasteiger partial charge < -0.3 is 14.4 Å². The quantitative estimate of drug-likeness (QED) is 0.663. The summed E-state index contributed by atoms with van der Waals surface area (Å²) in [5.74, 6) is 3.85. The van der Waals surface area contributed by atoms with E-state index >= 15 is 0 Å². The second-order valence-corrected chi connectivity index (χ2v) is 8.52. The Morgan fingerprint density at radius 2 is 1.75 bits per heavy atom. The number of fused-ring (bicyclic) bond motifs is 1. The Labute approximate surface area is 173 Å². The molecule has 0 bridgehead atoms. The van der Waals surface area contributed by atoms with E-state index in [9.17, 15) is 0 Å². The molecule has 0 spiro atoms. The topological polar surface area (TPSA) is 24.3 Å². The minimum Gasteiger partial charge on any atom is -0.330 e. The van der Waals surface area contributed by atoms with Crippen molar-refractivity contribution < 1.29 is 0 Å². The molecule has 1 fully saturated rings. The molecule has 0 N–H and O–H groups in total. The highest BCUT2D eigenvalue weighted by molar-refractivity contribution is 6.30. The van der Waals surface area contributed by atoms with Crippen molar-refractivity contribution in [1.29, 1.82) is 0 Å². The fourth-order valence-electron chi connectivity index (χ4n) is 4.43. The van der Waals surface area contributed by atoms with Crippen LogP contribution in [0.3, 0.4) is 0 Å². The van der Waals surface area contributed by atoms with E-state index in [1.807, 2.05) is 31.1 Å². The second-order valence-electron chi connectivity index (χ2n) is 8.08. The molecule has 0 saturated heterocycles. The summed E-state index contributed by atoms with van der Waals surface area (Å²) in [4.78, 5) is 9.17. The Bertz CT molecular complexity index is 890. The summed E-state index contributed by atoms with van der Waals surface area (Å²) in [6.45, 7) is 9.31. The first-order valence-corrected chi connectivity index (χ1v) is 10.5. The zero-order chi connectivity index (χ0) is 19.8. The third-order valence-electron chi connectivity index (χ3n) is 6.30. The summed E-state index contributed by atoms with van der Waals surface area (Å²) in [6, 6.07) is 8.08. The third kappa shape index (κ3) is 3.46. The van der Waals surface area contributed by atoms with Gasteiger partial charge in [0.2, 0.25) is 0 Å². The molecule has 2 aliphatic rings. The molecule has 0 radical (unpaired) electrons. The van der Waals surface area contributed by atoms with Crippen LogP contribution in [0.25, 0.3) is 5.70 Å². The first-order chi connectivity index (χ1) is 13.5. The minimum absolute atomic E-state index is 0.762. The van der Waals surface area contributed by atoms with Crippen LogP contribution in [0.5, 0.6) is 0 Å². The predicted octanol–water partition coefficient (Wildman–Crippen LogP) is 5.53. The lowest BCUT2D eigenvalue weighted by molar-refractivity contribution is 0.490. The maximum atomic E-state index is 6.08. The molecule has 2 aromatic rings. The second kappa shape index (κ2) is 7.67. The van der Waals surface area contributed by atoms with Gasteiger partial charge in [0.1, 0.15) is 17.3 Å². The summed E-state index contributed by atoms with van der Waals surface area (Å²) < 4.78 is 2.34. The fraction of sp³-hybridized carbons (Fsp3) is 0.435. The van der Waals surface area contributed by atoms with Gasteiger partial charge in [-0.1, -0.05) is 62.6 Å². The summed E-state index contributed by atoms with van der Waals surface area (Å²) in [5.41, 5.74) is 3.26. The van der Waals surface area contributed by atoms with Crippen LogP contribution in [0.15, 0.2) is 43.2 Å². The SMILES string of the molecule is C=C1c2c(nc(CCC3CCCC3)n2Cc2ccc(Cl)cc2)N(C)C(=C)N1C. The van der Waals surface area contributed by atoms with Gasteiger partial charge in [-0.15, -0.1) is 0 Å². The van der Waals surface area contributed by atoms with Gasteiger partial charge in [-0.2, -0.15) is 0 Å². The van der Waals surface area contributed by atoms with E-state index in [2.05, 4.69) is 34.8 Å². The van der Waals surface area contributed by atoms with Gasteiger partial charge in [0.05, 0.1) is 5.70 Å². The molecule has 0 unspecified atom stereocenters. The Balaban J connectivity index is 1.71. The van der Waals surface area contributed by atoms with Crippen molar-refractivity contribution in [2.24, 2.45) is 5.92 Å². The molecule has 1 aliphatic heterocycles. The van der Waals surface area contributed by atoms with Gasteiger partial charge in [0.15, 0.2) is 5.82 Å². The lowest BCUT2D eigenvalue weighted by atomic mass is 10.0. The molecule has 5 heteroatoms. The van der Waals surface area contributed by atoms with Crippen LogP contribution < -0.4 is 4.90 Å². The van der Waals surface area contributed by atoms with Crippen molar-refractivity contribution in [2.45, 2.75) is 45.1 Å². The number of imidazole rings is 1. The van der Waals surface area contributed by atoms with E-state index in [0.29, 0.717) is 0 Å². The molecule has 0 amide bonds. The Morgan fingerprint density at radius 3 is 2.43 bits per heavy atom. The van der Waals surface area contributed by atoms with Gasteiger partial charge in [-0.05, 0) is 30.0 Å². The summed E-state index contributed by atoms with van der Waals surface area (Å²) >= 11 is 6.08. The van der Waals surface area contributed by atoms with Gasteiger partial charge >= 0.3 is 0 Å². The van der Waals surface area contributed by atoms with Crippen molar-refractivity contribution in [2.75, 3.05) is 19.0 Å². The molecule has 0 atom stereocenters. The number of nitrogens with zero attached hydrogens (tertiary/aromatic N) is 4. The van der Waals surface area contributed by atoms with Crippen molar-refractivity contribution in [3.05, 3.63) is 65.3 Å². The maximum Gasteiger partial charge on any atom is 0.162 e. The number of aryl methyl sites for hydroxylation is 1. The summed E-state index contributed by atoms with van der Waals surface area (Å²) in [7, 11) is 4.05. The molecule has 2 heterocycles. The maximum absolute atomic E-state index is 6.08. The summed E-state index contributed by atoms with van der Waals surface area (Å²) in [5, 5.41) is 0.762. The van der Waals surface area contributed by atoms with Crippen LogP contribution in [-0.2, 0) is 13.0 Å². The first kappa shape index (κ1) is 19.1. The lowest BCUT2D eigenvalue weighted by Crippen LogP contribution is -2.34. The van der Waals surface area contributed by atoms with E-state index in [-0.39, 0.29) is 0 Å². The molecule has 1 aliphatic carbocycles. The molecule has 1 aromatic carbocycles. The number of rotatable bonds is 5. The van der Waals surface area contributed by atoms with Crippen molar-refractivity contribution >= 4 is 23.1 Å². The third-order valence-corrected chi connectivity index (χ3v) is 6.56. The highest BCUT2D eigenvalue weighted by Crippen LogP contribution is 2.38. The van der Waals surface area contributed by atoms with Gasteiger partial charge in [0.25, 0.3) is 0 Å². The number of anilines is 1. The molecule has 4 nitrogen and oxygen atoms in total. The zero-order valence-electron chi connectivity index (χ0n) is 16.9. The first-order valence-electron chi connectivity index (χ1n) is 10.1. The van der Waals surface area contributed by atoms with Gasteiger partial charge in [-0.3, -0.25) is 0 Å². The number of hydrogen-bond donors (Lipinski definition) is 0. The molecule has 148 valence electrons. The molecular formula is C23H29ClN4. The number of benzene rings is 1. The molecular weight excluding hydrogens is 368 g/mol. The highest BCUT2D eigenvalue weighted by atomic mass is 35.5. The van der Waals surface area contributed by atoms with Crippen LogP contribution >= 0.6 is 11.6 Å². The smallest absolute Gasteiger partial charge is 0.162 e. The highest BCUT2D eigenvalue weighted by Gasteiger charge is 2.31. The van der Waals surface area contributed by atoms with E-state index in [1.54, 1.807) is 0 Å². The van der Waals surface area contributed by atoms with E-state index in [1.165, 1.54) is 37.7 Å². The van der Waals surface area contributed by atoms with Crippen molar-refractivity contribution in [3.63, 3.8) is 0 Å². The van der Waals surface area contributed by atoms with Crippen LogP contribution in [0, 0.1) is 5.92 Å². The van der Waals surface area contributed by atoms with Gasteiger partial charge in [-0.25, -0.2) is 4.98 Å². The molecule has 28 heavy (non-hydrogen) atoms. The normalized spacial score (nSPS) is 17.5. The average molecular weight is 397 g/mol. The minimum atomic E-state index is 0.762. The van der Waals surface area contributed by atoms with Crippen LogP contribution in [0.4, 0.5) is 5.82 Å². The van der Waals surface area contributed by atoms with Crippen LogP contribution in [0.2, 0.25) is 5.02 Å². The lowest BCUT2D eigenvalue weighted by Gasteiger charge is -2.36. The Hall–Kier alpha value is -2.20. The van der Waals surface area contributed by atoms with Crippen molar-refractivity contribution in [1.82, 2.24) is 14.5 Å². The number of aromatic nitrogens is 2. The number of halogens is 1. The predicted molar refractivity (Wildman–Crippen MR) is 117 cm³/mol. The summed E-state index contributed by atoms with van der Waals surface area (Å²) in [6.07, 6.45) is 7.70. The van der Waals surface area contributed by atoms with E-state index in [4.69, 9.17) is 16.6 Å². The standard InChI is InChI=1S/C23H29ClN4/c1-16-22-23(27(4)17(2)26(16)3)25-21(14-11-18-7-5-6-8-18)28(22)15-19-9-12-20(24)13-10-19/h9-10,12-13,18H,1-2,5-8,11,14-15H2,3-4H3. The van der Waals surface area contributed by atoms with Crippen LogP contribution in [0.1, 0.15) is 49.2 Å². The van der Waals surface area contributed by atoms with E-state index in [0.717, 1.165) is 52.8 Å². The van der Waals surface area contributed by atoms with E-state index < -0.39 is 0 Å². The fourth-order valence-corrected chi connectivity index (χ4v) is 4.56. The Kier molecular flexibility index (Phi) is 5.24. The van der Waals surface area contributed by atoms with Crippen LogP contribution in [-0.4, -0.2) is 28.5 Å². The molecule has 1 saturated carbocycles. The zero-order valence-corrected chi connectivity index (χ0v) is 17.7. The Morgan fingerprint density at radius 1 is 1.07 bits per heavy atom. The number of hydrogen-bond acceptors (Lipinski definition) is 3. The van der Waals surface area contributed by atoms with Crippen molar-refractivity contribution in [3.8, 4) is 0 Å².